The van der Waals surface area contributed by atoms with Gasteiger partial charge < -0.3 is 20.1 Å². The van der Waals surface area contributed by atoms with Crippen molar-refractivity contribution in [3.63, 3.8) is 0 Å². The number of methoxy groups -OCH3 is 2. The number of piperidine rings is 1. The molecule has 2 amide bonds. The van der Waals surface area contributed by atoms with Gasteiger partial charge in [0.15, 0.2) is 0 Å². The number of nitrogens with zero attached hydrogens (tertiary/aromatic N) is 2. The molecule has 222 valence electrons. The Hall–Kier alpha value is -3.26. The van der Waals surface area contributed by atoms with Crippen molar-refractivity contribution in [2.75, 3.05) is 40.4 Å². The first kappa shape index (κ1) is 30.2. The highest BCUT2D eigenvalue weighted by atomic mass is 35.5. The Balaban J connectivity index is 1.41. The van der Waals surface area contributed by atoms with Crippen LogP contribution >= 0.6 is 23.2 Å². The van der Waals surface area contributed by atoms with E-state index in [4.69, 9.17) is 38.4 Å². The number of carbonyl (C=O) groups is 2. The summed E-state index contributed by atoms with van der Waals surface area (Å²) < 4.78 is 11.0. The van der Waals surface area contributed by atoms with Gasteiger partial charge in [-0.15, -0.1) is 0 Å². The largest absolute Gasteiger partial charge is 0.496 e. The molecule has 3 aromatic rings. The first-order valence-electron chi connectivity index (χ1n) is 14.3. The molecular formula is C33H37Cl2N3O4. The molecule has 3 aromatic carbocycles. The summed E-state index contributed by atoms with van der Waals surface area (Å²) in [4.78, 5) is 31.3. The molecule has 0 radical (unpaired) electrons. The Bertz CT molecular complexity index is 1430. The Morgan fingerprint density at radius 2 is 1.62 bits per heavy atom. The quantitative estimate of drug-likeness (QED) is 0.350. The van der Waals surface area contributed by atoms with Crippen molar-refractivity contribution in [2.45, 2.75) is 37.1 Å². The minimum Gasteiger partial charge on any atom is -0.496 e. The number of nitrogens with two attached hydrogens (primary N) is 1. The molecule has 4 unspecified atom stereocenters. The van der Waals surface area contributed by atoms with E-state index in [0.29, 0.717) is 59.7 Å². The standard InChI is InChI=1S/C33H37Cl2N3O4/c1-21(23-14-16-38(19-23)31(39)30-28(41-2)10-7-11-29(30)42-3)37-17-15-33(32(36)40,24-8-5-4-6-9-24)25(20-37)22-12-13-26(34)27(35)18-22/h4-13,18,21,23,25H,14-17,19-20H2,1-3H3,(H2,36,40). The molecule has 0 saturated carbocycles. The number of amides is 2. The van der Waals surface area contributed by atoms with E-state index in [2.05, 4.69) is 11.8 Å². The average Bonchev–Trinajstić information content (AvgIpc) is 3.51. The fourth-order valence-corrected chi connectivity index (χ4v) is 7.17. The summed E-state index contributed by atoms with van der Waals surface area (Å²) in [6, 6.07) is 20.9. The van der Waals surface area contributed by atoms with Crippen LogP contribution in [0.25, 0.3) is 0 Å². The molecule has 0 bridgehead atoms. The van der Waals surface area contributed by atoms with E-state index in [1.165, 1.54) is 0 Å². The van der Waals surface area contributed by atoms with Crippen LogP contribution in [0.5, 0.6) is 11.5 Å². The molecule has 0 aliphatic carbocycles. The molecule has 4 atom stereocenters. The summed E-state index contributed by atoms with van der Waals surface area (Å²) in [6.07, 6.45) is 1.44. The highest BCUT2D eigenvalue weighted by Crippen LogP contribution is 2.47. The molecular weight excluding hydrogens is 573 g/mol. The van der Waals surface area contributed by atoms with Gasteiger partial charge in [-0.1, -0.05) is 65.7 Å². The molecule has 2 saturated heterocycles. The van der Waals surface area contributed by atoms with Crippen LogP contribution in [0.1, 0.15) is 47.2 Å². The lowest BCUT2D eigenvalue weighted by atomic mass is 9.62. The first-order chi connectivity index (χ1) is 20.2. The maximum Gasteiger partial charge on any atom is 0.261 e. The SMILES string of the molecule is COc1cccc(OC)c1C(=O)N1CCC(C(C)N2CCC(C(N)=O)(c3ccccc3)C(c3ccc(Cl)c(Cl)c3)C2)C1. The number of likely N-dealkylation sites (tertiary alicyclic amines) is 2. The lowest BCUT2D eigenvalue weighted by Gasteiger charge is -2.49. The second-order valence-electron chi connectivity index (χ2n) is 11.3. The molecule has 5 rings (SSSR count). The van der Waals surface area contributed by atoms with Gasteiger partial charge in [0.1, 0.15) is 17.1 Å². The van der Waals surface area contributed by atoms with Crippen LogP contribution in [0, 0.1) is 5.92 Å². The van der Waals surface area contributed by atoms with Crippen LogP contribution in [0.4, 0.5) is 0 Å². The maximum absolute atomic E-state index is 13.6. The normalized spacial score (nSPS) is 23.4. The van der Waals surface area contributed by atoms with Crippen LogP contribution in [-0.4, -0.2) is 68.1 Å². The second kappa shape index (κ2) is 12.5. The third-order valence-corrected chi connectivity index (χ3v) is 10.0. The summed E-state index contributed by atoms with van der Waals surface area (Å²) >= 11 is 12.8. The van der Waals surface area contributed by atoms with Gasteiger partial charge in [0.2, 0.25) is 5.91 Å². The average molecular weight is 611 g/mol. The van der Waals surface area contributed by atoms with Gasteiger partial charge in [-0.2, -0.15) is 0 Å². The zero-order chi connectivity index (χ0) is 30.0. The van der Waals surface area contributed by atoms with Crippen molar-refractivity contribution in [1.82, 2.24) is 9.80 Å². The Morgan fingerprint density at radius 3 is 2.24 bits per heavy atom. The number of hydrogen-bond acceptors (Lipinski definition) is 5. The third-order valence-electron chi connectivity index (χ3n) is 9.29. The molecule has 42 heavy (non-hydrogen) atoms. The number of benzene rings is 3. The molecule has 2 fully saturated rings. The number of halogens is 2. The fourth-order valence-electron chi connectivity index (χ4n) is 6.87. The molecule has 2 aliphatic rings. The third kappa shape index (κ3) is 5.46. The fraction of sp³-hybridized carbons (Fsp3) is 0.394. The smallest absolute Gasteiger partial charge is 0.261 e. The van der Waals surface area contributed by atoms with Gasteiger partial charge in [-0.05, 0) is 67.6 Å². The minimum absolute atomic E-state index is 0.0943. The van der Waals surface area contributed by atoms with E-state index in [9.17, 15) is 9.59 Å². The van der Waals surface area contributed by atoms with Gasteiger partial charge in [0.05, 0.1) is 29.7 Å². The minimum atomic E-state index is -0.896. The summed E-state index contributed by atoms with van der Waals surface area (Å²) in [5.74, 6) is 0.575. The van der Waals surface area contributed by atoms with E-state index in [1.807, 2.05) is 53.4 Å². The van der Waals surface area contributed by atoms with Gasteiger partial charge >= 0.3 is 0 Å². The van der Waals surface area contributed by atoms with Crippen LogP contribution in [0.15, 0.2) is 66.7 Å². The predicted molar refractivity (Wildman–Crippen MR) is 166 cm³/mol. The van der Waals surface area contributed by atoms with Gasteiger partial charge in [0, 0.05) is 31.6 Å². The highest BCUT2D eigenvalue weighted by Gasteiger charge is 2.51. The summed E-state index contributed by atoms with van der Waals surface area (Å²) in [6.45, 7) is 4.79. The van der Waals surface area contributed by atoms with E-state index >= 15 is 0 Å². The van der Waals surface area contributed by atoms with E-state index < -0.39 is 5.41 Å². The maximum atomic E-state index is 13.6. The summed E-state index contributed by atoms with van der Waals surface area (Å²) in [5.41, 5.74) is 7.63. The van der Waals surface area contributed by atoms with E-state index in [1.54, 1.807) is 32.4 Å². The van der Waals surface area contributed by atoms with Gasteiger partial charge in [-0.25, -0.2) is 0 Å². The Labute approximate surface area is 257 Å². The second-order valence-corrected chi connectivity index (χ2v) is 12.1. The van der Waals surface area contributed by atoms with Crippen molar-refractivity contribution >= 4 is 35.0 Å². The number of ether oxygens (including phenoxy) is 2. The molecule has 0 spiro atoms. The topological polar surface area (TPSA) is 85.1 Å². The summed E-state index contributed by atoms with van der Waals surface area (Å²) in [7, 11) is 3.12. The van der Waals surface area contributed by atoms with E-state index in [0.717, 1.165) is 17.5 Å². The number of hydrogen-bond donors (Lipinski definition) is 1. The summed E-state index contributed by atoms with van der Waals surface area (Å²) in [5, 5.41) is 0.913. The van der Waals surface area contributed by atoms with Gasteiger partial charge in [0.25, 0.3) is 5.91 Å². The van der Waals surface area contributed by atoms with E-state index in [-0.39, 0.29) is 29.7 Å². The first-order valence-corrected chi connectivity index (χ1v) is 15.0. The lowest BCUT2D eigenvalue weighted by Crippen LogP contribution is -2.57. The predicted octanol–water partition coefficient (Wildman–Crippen LogP) is 5.77. The zero-order valence-electron chi connectivity index (χ0n) is 24.2. The monoisotopic (exact) mass is 609 g/mol. The van der Waals surface area contributed by atoms with Crippen molar-refractivity contribution < 1.29 is 19.1 Å². The molecule has 9 heteroatoms. The lowest BCUT2D eigenvalue weighted by molar-refractivity contribution is -0.126. The van der Waals surface area contributed by atoms with Crippen molar-refractivity contribution in [3.8, 4) is 11.5 Å². The van der Waals surface area contributed by atoms with Crippen LogP contribution in [0.2, 0.25) is 10.0 Å². The molecule has 7 nitrogen and oxygen atoms in total. The Morgan fingerprint density at radius 1 is 0.929 bits per heavy atom. The molecule has 2 heterocycles. The van der Waals surface area contributed by atoms with Crippen LogP contribution < -0.4 is 15.2 Å². The van der Waals surface area contributed by atoms with Crippen molar-refractivity contribution in [2.24, 2.45) is 11.7 Å². The molecule has 2 N–H and O–H groups in total. The van der Waals surface area contributed by atoms with Crippen molar-refractivity contribution in [3.05, 3.63) is 93.5 Å². The number of carbonyl (C=O) groups excluding carboxylic acids is 2. The van der Waals surface area contributed by atoms with Crippen LogP contribution in [0.3, 0.4) is 0 Å². The number of primary amides is 1. The van der Waals surface area contributed by atoms with Crippen molar-refractivity contribution in [1.29, 1.82) is 0 Å². The molecule has 2 aliphatic heterocycles. The van der Waals surface area contributed by atoms with Crippen LogP contribution in [-0.2, 0) is 10.2 Å². The van der Waals surface area contributed by atoms with Gasteiger partial charge in [-0.3, -0.25) is 14.5 Å². The zero-order valence-corrected chi connectivity index (χ0v) is 25.7. The highest BCUT2D eigenvalue weighted by molar-refractivity contribution is 6.42. The Kier molecular flexibility index (Phi) is 9.02. The number of rotatable bonds is 8. The molecule has 0 aromatic heterocycles.